The first-order chi connectivity index (χ1) is 9.61. The zero-order valence-electron chi connectivity index (χ0n) is 12.0. The van der Waals surface area contributed by atoms with Crippen molar-refractivity contribution in [3.8, 4) is 11.1 Å². The Morgan fingerprint density at radius 1 is 1.10 bits per heavy atom. The monoisotopic (exact) mass is 269 g/mol. The minimum Gasteiger partial charge on any atom is -0.310 e. The van der Waals surface area contributed by atoms with Crippen LogP contribution in [0.4, 0.5) is 4.39 Å². The Kier molecular flexibility index (Phi) is 3.58. The van der Waals surface area contributed by atoms with E-state index >= 15 is 0 Å². The van der Waals surface area contributed by atoms with E-state index in [1.807, 2.05) is 13.0 Å². The first kappa shape index (κ1) is 13.3. The average molecular weight is 269 g/mol. The van der Waals surface area contributed by atoms with Crippen LogP contribution in [0.5, 0.6) is 0 Å². The molecular weight excluding hydrogens is 249 g/mol. The molecule has 0 amide bonds. The summed E-state index contributed by atoms with van der Waals surface area (Å²) in [7, 11) is 0. The van der Waals surface area contributed by atoms with Gasteiger partial charge < -0.3 is 5.32 Å². The zero-order chi connectivity index (χ0) is 14.1. The smallest absolute Gasteiger partial charge is 0.124 e. The van der Waals surface area contributed by atoms with E-state index in [0.29, 0.717) is 6.04 Å². The van der Waals surface area contributed by atoms with E-state index < -0.39 is 0 Å². The van der Waals surface area contributed by atoms with E-state index in [0.717, 1.165) is 23.2 Å². The molecule has 2 aromatic rings. The number of rotatable bonds is 4. The van der Waals surface area contributed by atoms with Gasteiger partial charge in [-0.15, -0.1) is 0 Å². The van der Waals surface area contributed by atoms with Crippen LogP contribution in [0.25, 0.3) is 11.1 Å². The van der Waals surface area contributed by atoms with E-state index in [9.17, 15) is 4.39 Å². The fraction of sp³-hybridized carbons (Fsp3) is 0.333. The van der Waals surface area contributed by atoms with Gasteiger partial charge in [0.2, 0.25) is 0 Å². The van der Waals surface area contributed by atoms with E-state index in [1.54, 1.807) is 12.1 Å². The lowest BCUT2D eigenvalue weighted by Gasteiger charge is -2.11. The normalized spacial score (nSPS) is 14.6. The molecule has 0 heterocycles. The SMILES string of the molecule is Cc1cc(F)cc(-c2cc(CNC3CC3)ccc2C)c1. The minimum atomic E-state index is -0.166. The van der Waals surface area contributed by atoms with Gasteiger partial charge in [-0.3, -0.25) is 0 Å². The van der Waals surface area contributed by atoms with Crippen LogP contribution in [-0.4, -0.2) is 6.04 Å². The molecule has 3 rings (SSSR count). The van der Waals surface area contributed by atoms with Crippen molar-refractivity contribution in [2.24, 2.45) is 0 Å². The summed E-state index contributed by atoms with van der Waals surface area (Å²) in [5, 5.41) is 3.52. The summed E-state index contributed by atoms with van der Waals surface area (Å²) >= 11 is 0. The Bertz CT molecular complexity index is 609. The van der Waals surface area contributed by atoms with Crippen LogP contribution in [0.15, 0.2) is 36.4 Å². The second-order valence-corrected chi connectivity index (χ2v) is 5.82. The van der Waals surface area contributed by atoms with Crippen LogP contribution in [0, 0.1) is 19.7 Å². The van der Waals surface area contributed by atoms with E-state index in [-0.39, 0.29) is 5.82 Å². The number of benzene rings is 2. The van der Waals surface area contributed by atoms with Gasteiger partial charge in [0.25, 0.3) is 0 Å². The molecular formula is C18H20FN. The van der Waals surface area contributed by atoms with Crippen molar-refractivity contribution >= 4 is 0 Å². The predicted molar refractivity (Wildman–Crippen MR) is 81.2 cm³/mol. The molecule has 0 aliphatic heterocycles. The van der Waals surface area contributed by atoms with Gasteiger partial charge in [0.1, 0.15) is 5.82 Å². The summed E-state index contributed by atoms with van der Waals surface area (Å²) in [6.07, 6.45) is 2.59. The van der Waals surface area contributed by atoms with Crippen molar-refractivity contribution in [2.75, 3.05) is 0 Å². The van der Waals surface area contributed by atoms with Crippen molar-refractivity contribution in [1.29, 1.82) is 0 Å². The third kappa shape index (κ3) is 3.07. The zero-order valence-corrected chi connectivity index (χ0v) is 12.0. The molecule has 0 radical (unpaired) electrons. The average Bonchev–Trinajstić information content (AvgIpc) is 3.20. The lowest BCUT2D eigenvalue weighted by atomic mass is 9.97. The van der Waals surface area contributed by atoms with Gasteiger partial charge in [0.15, 0.2) is 0 Å². The first-order valence-electron chi connectivity index (χ1n) is 7.22. The van der Waals surface area contributed by atoms with E-state index in [1.165, 1.54) is 24.0 Å². The van der Waals surface area contributed by atoms with Crippen LogP contribution in [0.3, 0.4) is 0 Å². The quantitative estimate of drug-likeness (QED) is 0.869. The lowest BCUT2D eigenvalue weighted by Crippen LogP contribution is -2.15. The lowest BCUT2D eigenvalue weighted by molar-refractivity contribution is 0.627. The highest BCUT2D eigenvalue weighted by molar-refractivity contribution is 5.68. The molecule has 1 nitrogen and oxygen atoms in total. The Morgan fingerprint density at radius 2 is 1.90 bits per heavy atom. The van der Waals surface area contributed by atoms with Crippen molar-refractivity contribution in [2.45, 2.75) is 39.3 Å². The van der Waals surface area contributed by atoms with Crippen molar-refractivity contribution in [3.05, 3.63) is 58.9 Å². The van der Waals surface area contributed by atoms with Crippen LogP contribution >= 0.6 is 0 Å². The van der Waals surface area contributed by atoms with Gasteiger partial charge in [-0.25, -0.2) is 4.39 Å². The molecule has 2 heteroatoms. The van der Waals surface area contributed by atoms with E-state index in [4.69, 9.17) is 0 Å². The molecule has 1 N–H and O–H groups in total. The summed E-state index contributed by atoms with van der Waals surface area (Å²) < 4.78 is 13.6. The van der Waals surface area contributed by atoms with Crippen molar-refractivity contribution in [1.82, 2.24) is 5.32 Å². The largest absolute Gasteiger partial charge is 0.310 e. The second kappa shape index (κ2) is 5.37. The fourth-order valence-corrected chi connectivity index (χ4v) is 2.53. The van der Waals surface area contributed by atoms with Crippen LogP contribution in [-0.2, 0) is 6.54 Å². The molecule has 0 aromatic heterocycles. The van der Waals surface area contributed by atoms with Crippen LogP contribution in [0.2, 0.25) is 0 Å². The van der Waals surface area contributed by atoms with Crippen LogP contribution in [0.1, 0.15) is 29.5 Å². The maximum Gasteiger partial charge on any atom is 0.124 e. The van der Waals surface area contributed by atoms with Gasteiger partial charge in [-0.1, -0.05) is 18.2 Å². The van der Waals surface area contributed by atoms with Crippen LogP contribution < -0.4 is 5.32 Å². The third-order valence-electron chi connectivity index (χ3n) is 3.83. The molecule has 2 aromatic carbocycles. The molecule has 1 aliphatic carbocycles. The van der Waals surface area contributed by atoms with Gasteiger partial charge in [0, 0.05) is 12.6 Å². The topological polar surface area (TPSA) is 12.0 Å². The standard InChI is InChI=1S/C18H20FN/c1-12-7-15(10-16(19)8-12)18-9-14(4-3-13(18)2)11-20-17-5-6-17/h3-4,7-10,17,20H,5-6,11H2,1-2H3. The summed E-state index contributed by atoms with van der Waals surface area (Å²) in [5.74, 6) is -0.166. The molecule has 0 atom stereocenters. The molecule has 0 bridgehead atoms. The molecule has 1 saturated carbocycles. The summed E-state index contributed by atoms with van der Waals surface area (Å²) in [5.41, 5.74) is 5.50. The molecule has 0 saturated heterocycles. The summed E-state index contributed by atoms with van der Waals surface area (Å²) in [6.45, 7) is 4.90. The predicted octanol–water partition coefficient (Wildman–Crippen LogP) is 4.36. The molecule has 1 aliphatic rings. The maximum atomic E-state index is 13.6. The number of halogens is 1. The third-order valence-corrected chi connectivity index (χ3v) is 3.83. The molecule has 0 spiro atoms. The second-order valence-electron chi connectivity index (χ2n) is 5.82. The van der Waals surface area contributed by atoms with Gasteiger partial charge in [-0.05, 0) is 72.7 Å². The Hall–Kier alpha value is -1.67. The fourth-order valence-electron chi connectivity index (χ4n) is 2.53. The number of hydrogen-bond donors (Lipinski definition) is 1. The molecule has 104 valence electrons. The highest BCUT2D eigenvalue weighted by atomic mass is 19.1. The van der Waals surface area contributed by atoms with Crippen molar-refractivity contribution < 1.29 is 4.39 Å². The first-order valence-corrected chi connectivity index (χ1v) is 7.22. The Labute approximate surface area is 119 Å². The number of aryl methyl sites for hydroxylation is 2. The van der Waals surface area contributed by atoms with E-state index in [2.05, 4.69) is 30.4 Å². The summed E-state index contributed by atoms with van der Waals surface area (Å²) in [6, 6.07) is 12.4. The minimum absolute atomic E-state index is 0.166. The molecule has 20 heavy (non-hydrogen) atoms. The molecule has 0 unspecified atom stereocenters. The number of hydrogen-bond acceptors (Lipinski definition) is 1. The summed E-state index contributed by atoms with van der Waals surface area (Å²) in [4.78, 5) is 0. The number of nitrogens with one attached hydrogen (secondary N) is 1. The highest BCUT2D eigenvalue weighted by Crippen LogP contribution is 2.27. The maximum absolute atomic E-state index is 13.6. The van der Waals surface area contributed by atoms with Gasteiger partial charge in [-0.2, -0.15) is 0 Å². The Balaban J connectivity index is 1.91. The van der Waals surface area contributed by atoms with Gasteiger partial charge in [0.05, 0.1) is 0 Å². The Morgan fingerprint density at radius 3 is 2.60 bits per heavy atom. The molecule has 1 fully saturated rings. The highest BCUT2D eigenvalue weighted by Gasteiger charge is 2.20. The van der Waals surface area contributed by atoms with Crippen molar-refractivity contribution in [3.63, 3.8) is 0 Å². The van der Waals surface area contributed by atoms with Gasteiger partial charge >= 0.3 is 0 Å².